The summed E-state index contributed by atoms with van der Waals surface area (Å²) in [5.41, 5.74) is 5.50. The molecule has 0 aliphatic carbocycles. The zero-order valence-corrected chi connectivity index (χ0v) is 9.17. The van der Waals surface area contributed by atoms with Crippen LogP contribution in [0.3, 0.4) is 0 Å². The Labute approximate surface area is 87.2 Å². The van der Waals surface area contributed by atoms with Crippen LogP contribution in [-0.2, 0) is 0 Å². The summed E-state index contributed by atoms with van der Waals surface area (Å²) in [6.45, 7) is 1.93. The molecule has 0 fully saturated rings. The average Bonchev–Trinajstić information content (AvgIpc) is 2.62. The van der Waals surface area contributed by atoms with Gasteiger partial charge in [-0.05, 0) is 18.7 Å². The Balaban J connectivity index is 2.14. The summed E-state index contributed by atoms with van der Waals surface area (Å²) in [6, 6.07) is 0. The van der Waals surface area contributed by atoms with Crippen molar-refractivity contribution in [2.75, 3.05) is 5.73 Å². The number of aromatic nitrogens is 3. The van der Waals surface area contributed by atoms with Gasteiger partial charge in [-0.1, -0.05) is 22.7 Å². The van der Waals surface area contributed by atoms with Crippen molar-refractivity contribution in [3.8, 4) is 0 Å². The Morgan fingerprint density at radius 2 is 2.23 bits per heavy atom. The van der Waals surface area contributed by atoms with E-state index in [-0.39, 0.29) is 0 Å². The van der Waals surface area contributed by atoms with Crippen LogP contribution in [0.1, 0.15) is 5.01 Å². The lowest BCUT2D eigenvalue weighted by Gasteiger charge is -1.86. The fourth-order valence-electron chi connectivity index (χ4n) is 0.725. The van der Waals surface area contributed by atoms with Gasteiger partial charge in [0.05, 0.1) is 10.4 Å². The van der Waals surface area contributed by atoms with Gasteiger partial charge >= 0.3 is 0 Å². The van der Waals surface area contributed by atoms with Crippen molar-refractivity contribution in [3.05, 3.63) is 11.2 Å². The summed E-state index contributed by atoms with van der Waals surface area (Å²) in [5, 5.41) is 9.47. The fraction of sp³-hybridized carbons (Fsp3) is 0.167. The Bertz CT molecular complexity index is 369. The van der Waals surface area contributed by atoms with Gasteiger partial charge in [0.15, 0.2) is 9.47 Å². The molecule has 4 nitrogen and oxygen atoms in total. The van der Waals surface area contributed by atoms with E-state index in [2.05, 4.69) is 15.2 Å². The Morgan fingerprint density at radius 3 is 2.77 bits per heavy atom. The molecule has 2 aromatic heterocycles. The third kappa shape index (κ3) is 2.17. The molecule has 0 spiro atoms. The van der Waals surface area contributed by atoms with Gasteiger partial charge in [-0.2, -0.15) is 0 Å². The van der Waals surface area contributed by atoms with E-state index in [1.54, 1.807) is 29.3 Å². The highest BCUT2D eigenvalue weighted by Crippen LogP contribution is 2.34. The molecule has 68 valence electrons. The Hall–Kier alpha value is -0.660. The molecule has 7 heteroatoms. The van der Waals surface area contributed by atoms with Crippen LogP contribution in [0, 0.1) is 6.92 Å². The molecule has 0 saturated heterocycles. The number of anilines is 1. The summed E-state index contributed by atoms with van der Waals surface area (Å²) in [4.78, 5) is 3.95. The molecular formula is C6H6N4S3. The maximum absolute atomic E-state index is 5.50. The van der Waals surface area contributed by atoms with Crippen molar-refractivity contribution in [2.24, 2.45) is 0 Å². The maximum atomic E-state index is 5.50. The first kappa shape index (κ1) is 8.92. The third-order valence-corrected chi connectivity index (χ3v) is 4.02. The smallest absolute Gasteiger partial charge is 0.181 e. The SMILES string of the molecule is Cc1nnc(Sc2cnc(N)s2)s1. The second-order valence-corrected chi connectivity index (χ2v) is 6.00. The van der Waals surface area contributed by atoms with Crippen LogP contribution in [0.25, 0.3) is 0 Å². The molecule has 0 unspecified atom stereocenters. The van der Waals surface area contributed by atoms with E-state index in [0.29, 0.717) is 5.13 Å². The van der Waals surface area contributed by atoms with Crippen LogP contribution in [-0.4, -0.2) is 15.2 Å². The first-order valence-corrected chi connectivity index (χ1v) is 5.88. The Morgan fingerprint density at radius 1 is 1.38 bits per heavy atom. The van der Waals surface area contributed by atoms with Crippen molar-refractivity contribution in [1.82, 2.24) is 15.2 Å². The highest BCUT2D eigenvalue weighted by molar-refractivity contribution is 8.02. The number of hydrogen-bond acceptors (Lipinski definition) is 7. The van der Waals surface area contributed by atoms with Crippen molar-refractivity contribution >= 4 is 39.6 Å². The van der Waals surface area contributed by atoms with E-state index in [4.69, 9.17) is 5.73 Å². The predicted octanol–water partition coefficient (Wildman–Crippen LogP) is 2.04. The summed E-state index contributed by atoms with van der Waals surface area (Å²) >= 11 is 4.58. The second-order valence-electron chi connectivity index (χ2n) is 2.21. The lowest BCUT2D eigenvalue weighted by molar-refractivity contribution is 0.984. The number of nitrogen functional groups attached to an aromatic ring is 1. The predicted molar refractivity (Wildman–Crippen MR) is 55.3 cm³/mol. The van der Waals surface area contributed by atoms with Crippen molar-refractivity contribution in [2.45, 2.75) is 15.5 Å². The minimum atomic E-state index is 0.587. The molecule has 0 saturated carbocycles. The van der Waals surface area contributed by atoms with Gasteiger partial charge in [-0.15, -0.1) is 10.2 Å². The first-order valence-electron chi connectivity index (χ1n) is 3.43. The lowest BCUT2D eigenvalue weighted by Crippen LogP contribution is -1.77. The molecular weight excluding hydrogens is 224 g/mol. The van der Waals surface area contributed by atoms with Crippen LogP contribution >= 0.6 is 34.4 Å². The highest BCUT2D eigenvalue weighted by atomic mass is 32.2. The van der Waals surface area contributed by atoms with Gasteiger partial charge in [-0.25, -0.2) is 4.98 Å². The van der Waals surface area contributed by atoms with Gasteiger partial charge in [0.1, 0.15) is 5.01 Å². The zero-order valence-electron chi connectivity index (χ0n) is 6.72. The molecule has 0 aliphatic heterocycles. The third-order valence-electron chi connectivity index (χ3n) is 1.20. The minimum absolute atomic E-state index is 0.587. The topological polar surface area (TPSA) is 64.7 Å². The van der Waals surface area contributed by atoms with Crippen molar-refractivity contribution in [3.63, 3.8) is 0 Å². The minimum Gasteiger partial charge on any atom is -0.375 e. The number of nitrogens with two attached hydrogens (primary N) is 1. The molecule has 0 aliphatic rings. The molecule has 2 N–H and O–H groups in total. The van der Waals surface area contributed by atoms with E-state index in [9.17, 15) is 0 Å². The van der Waals surface area contributed by atoms with Crippen LogP contribution in [0.15, 0.2) is 14.7 Å². The van der Waals surface area contributed by atoms with E-state index < -0.39 is 0 Å². The number of thiazole rings is 1. The molecule has 13 heavy (non-hydrogen) atoms. The fourth-order valence-corrected chi connectivity index (χ4v) is 3.53. The summed E-state index contributed by atoms with van der Waals surface area (Å²) in [6.07, 6.45) is 1.75. The second kappa shape index (κ2) is 3.60. The van der Waals surface area contributed by atoms with E-state index in [1.807, 2.05) is 6.92 Å². The summed E-state index contributed by atoms with van der Waals surface area (Å²) in [5.74, 6) is 0. The largest absolute Gasteiger partial charge is 0.375 e. The first-order chi connectivity index (χ1) is 6.24. The van der Waals surface area contributed by atoms with Crippen molar-refractivity contribution in [1.29, 1.82) is 0 Å². The molecule has 2 heterocycles. The highest BCUT2D eigenvalue weighted by Gasteiger charge is 2.05. The number of rotatable bonds is 2. The van der Waals surface area contributed by atoms with Crippen molar-refractivity contribution < 1.29 is 0 Å². The van der Waals surface area contributed by atoms with Crippen LogP contribution in [0.5, 0.6) is 0 Å². The van der Waals surface area contributed by atoms with Gasteiger partial charge < -0.3 is 5.73 Å². The van der Waals surface area contributed by atoms with Gasteiger partial charge in [-0.3, -0.25) is 0 Å². The van der Waals surface area contributed by atoms with Gasteiger partial charge in [0, 0.05) is 0 Å². The standard InChI is InChI=1S/C6H6N4S3/c1-3-9-10-6(11-3)13-4-2-8-5(7)12-4/h2H,1H3,(H2,7,8). The normalized spacial score (nSPS) is 10.5. The van der Waals surface area contributed by atoms with E-state index in [0.717, 1.165) is 13.6 Å². The monoisotopic (exact) mass is 230 g/mol. The molecule has 0 radical (unpaired) electrons. The number of aryl methyl sites for hydroxylation is 1. The Kier molecular flexibility index (Phi) is 2.47. The number of nitrogens with zero attached hydrogens (tertiary/aromatic N) is 3. The maximum Gasteiger partial charge on any atom is 0.181 e. The molecule has 0 amide bonds. The average molecular weight is 230 g/mol. The van der Waals surface area contributed by atoms with E-state index in [1.165, 1.54) is 11.3 Å². The quantitative estimate of drug-likeness (QED) is 0.855. The van der Waals surface area contributed by atoms with Crippen LogP contribution in [0.2, 0.25) is 0 Å². The van der Waals surface area contributed by atoms with Gasteiger partial charge in [0.2, 0.25) is 0 Å². The lowest BCUT2D eigenvalue weighted by atomic mass is 10.9. The summed E-state index contributed by atoms with van der Waals surface area (Å²) < 4.78 is 1.98. The molecule has 2 aromatic rings. The van der Waals surface area contributed by atoms with Crippen LogP contribution in [0.4, 0.5) is 5.13 Å². The zero-order chi connectivity index (χ0) is 9.26. The van der Waals surface area contributed by atoms with E-state index >= 15 is 0 Å². The molecule has 0 aromatic carbocycles. The summed E-state index contributed by atoms with van der Waals surface area (Å²) in [7, 11) is 0. The number of hydrogen-bond donors (Lipinski definition) is 1. The molecule has 0 bridgehead atoms. The van der Waals surface area contributed by atoms with Crippen LogP contribution < -0.4 is 5.73 Å². The molecule has 2 rings (SSSR count). The molecule has 0 atom stereocenters. The van der Waals surface area contributed by atoms with Gasteiger partial charge in [0.25, 0.3) is 0 Å².